The molecule has 1 heterocycles. The lowest BCUT2D eigenvalue weighted by molar-refractivity contribution is -0.137. The number of rotatable bonds is 1. The molecule has 0 saturated carbocycles. The third-order valence-electron chi connectivity index (χ3n) is 2.36. The Kier molecular flexibility index (Phi) is 2.77. The maximum atomic E-state index is 12.5. The summed E-state index contributed by atoms with van der Waals surface area (Å²) in [5.74, 6) is 0.101. The zero-order valence-electron chi connectivity index (χ0n) is 7.64. The Morgan fingerprint density at radius 3 is 2.33 bits per heavy atom. The van der Waals surface area contributed by atoms with E-state index in [2.05, 4.69) is 15.9 Å². The van der Waals surface area contributed by atoms with E-state index in [1.54, 1.807) is 6.07 Å². The molecule has 15 heavy (non-hydrogen) atoms. The molecule has 1 aliphatic heterocycles. The zero-order chi connectivity index (χ0) is 11.1. The van der Waals surface area contributed by atoms with Crippen LogP contribution >= 0.6 is 15.9 Å². The van der Waals surface area contributed by atoms with Gasteiger partial charge in [-0.05, 0) is 23.8 Å². The fraction of sp³-hybridized carbons (Fsp3) is 0.400. The van der Waals surface area contributed by atoms with Crippen LogP contribution in [0.3, 0.4) is 0 Å². The molecule has 1 aromatic rings. The van der Waals surface area contributed by atoms with Crippen LogP contribution in [-0.4, -0.2) is 13.2 Å². The molecule has 0 radical (unpaired) electrons. The molecule has 0 amide bonds. The number of halogens is 4. The molecule has 0 aromatic heterocycles. The van der Waals surface area contributed by atoms with Gasteiger partial charge in [-0.3, -0.25) is 0 Å². The van der Waals surface area contributed by atoms with Crippen LogP contribution in [0.2, 0.25) is 0 Å². The number of benzene rings is 1. The van der Waals surface area contributed by atoms with Gasteiger partial charge >= 0.3 is 6.18 Å². The first-order valence-electron chi connectivity index (χ1n) is 4.42. The number of alkyl halides is 3. The van der Waals surface area contributed by atoms with E-state index in [4.69, 9.17) is 4.74 Å². The van der Waals surface area contributed by atoms with Crippen LogP contribution in [-0.2, 0) is 10.9 Å². The molecule has 0 unspecified atom stereocenters. The molecule has 82 valence electrons. The van der Waals surface area contributed by atoms with Crippen molar-refractivity contribution in [3.8, 4) is 0 Å². The van der Waals surface area contributed by atoms with Gasteiger partial charge in [-0.25, -0.2) is 0 Å². The first kappa shape index (κ1) is 11.0. The van der Waals surface area contributed by atoms with Gasteiger partial charge in [-0.2, -0.15) is 13.2 Å². The lowest BCUT2D eigenvalue weighted by Gasteiger charge is -2.27. The number of ether oxygens (including phenoxy) is 1. The highest BCUT2D eigenvalue weighted by Crippen LogP contribution is 2.35. The highest BCUT2D eigenvalue weighted by molar-refractivity contribution is 9.10. The molecule has 1 nitrogen and oxygen atoms in total. The van der Waals surface area contributed by atoms with E-state index < -0.39 is 11.7 Å². The highest BCUT2D eigenvalue weighted by atomic mass is 79.9. The Bertz CT molecular complexity index is 371. The molecule has 1 fully saturated rings. The minimum absolute atomic E-state index is 0.101. The second-order valence-electron chi connectivity index (χ2n) is 3.51. The summed E-state index contributed by atoms with van der Waals surface area (Å²) < 4.78 is 42.9. The van der Waals surface area contributed by atoms with Gasteiger partial charge in [0.1, 0.15) is 0 Å². The minimum Gasteiger partial charge on any atom is -0.380 e. The van der Waals surface area contributed by atoms with Crippen LogP contribution in [0.15, 0.2) is 22.7 Å². The van der Waals surface area contributed by atoms with E-state index in [9.17, 15) is 13.2 Å². The molecule has 0 bridgehead atoms. The van der Waals surface area contributed by atoms with Gasteiger partial charge in [-0.15, -0.1) is 0 Å². The number of hydrogen-bond donors (Lipinski definition) is 0. The van der Waals surface area contributed by atoms with Gasteiger partial charge in [0.15, 0.2) is 0 Å². The average molecular weight is 281 g/mol. The lowest BCUT2D eigenvalue weighted by Crippen LogP contribution is -2.25. The molecule has 1 aromatic carbocycles. The van der Waals surface area contributed by atoms with Crippen molar-refractivity contribution >= 4 is 15.9 Å². The molecule has 1 saturated heterocycles. The molecule has 2 rings (SSSR count). The van der Waals surface area contributed by atoms with E-state index in [-0.39, 0.29) is 5.92 Å². The topological polar surface area (TPSA) is 9.23 Å². The summed E-state index contributed by atoms with van der Waals surface area (Å²) >= 11 is 3.09. The summed E-state index contributed by atoms with van der Waals surface area (Å²) in [5.41, 5.74) is 0.0710. The smallest absolute Gasteiger partial charge is 0.380 e. The third-order valence-corrected chi connectivity index (χ3v) is 2.81. The normalized spacial score (nSPS) is 17.6. The molecule has 5 heteroatoms. The van der Waals surface area contributed by atoms with Crippen LogP contribution in [0, 0.1) is 0 Å². The second kappa shape index (κ2) is 3.79. The summed E-state index contributed by atoms with van der Waals surface area (Å²) in [6, 6.07) is 3.99. The van der Waals surface area contributed by atoms with Crippen molar-refractivity contribution in [3.63, 3.8) is 0 Å². The molecule has 0 spiro atoms. The molecule has 0 aliphatic carbocycles. The van der Waals surface area contributed by atoms with E-state index in [1.165, 1.54) is 6.07 Å². The van der Waals surface area contributed by atoms with Crippen molar-refractivity contribution in [2.75, 3.05) is 13.2 Å². The SMILES string of the molecule is FC(F)(F)c1cc(Br)cc(C2COC2)c1. The zero-order valence-corrected chi connectivity index (χ0v) is 9.23. The highest BCUT2D eigenvalue weighted by Gasteiger charge is 2.32. The van der Waals surface area contributed by atoms with Crippen LogP contribution in [0.25, 0.3) is 0 Å². The quantitative estimate of drug-likeness (QED) is 0.764. The first-order chi connectivity index (χ1) is 6.97. The lowest BCUT2D eigenvalue weighted by atomic mass is 9.96. The van der Waals surface area contributed by atoms with Crippen LogP contribution in [0.5, 0.6) is 0 Å². The Labute approximate surface area is 93.4 Å². The van der Waals surface area contributed by atoms with Crippen molar-refractivity contribution in [2.24, 2.45) is 0 Å². The van der Waals surface area contributed by atoms with E-state index in [0.717, 1.165) is 6.07 Å². The summed E-state index contributed by atoms with van der Waals surface area (Å²) in [6.07, 6.45) is -4.29. The molecule has 0 N–H and O–H groups in total. The van der Waals surface area contributed by atoms with Gasteiger partial charge in [-0.1, -0.05) is 15.9 Å². The molecule has 0 atom stereocenters. The van der Waals surface area contributed by atoms with Gasteiger partial charge in [0.05, 0.1) is 18.8 Å². The largest absolute Gasteiger partial charge is 0.416 e. The standard InChI is InChI=1S/C10H8BrF3O/c11-9-2-6(7-4-15-5-7)1-8(3-9)10(12,13)14/h1-3,7H,4-5H2. The first-order valence-corrected chi connectivity index (χ1v) is 5.21. The predicted molar refractivity (Wildman–Crippen MR) is 52.7 cm³/mol. The fourth-order valence-electron chi connectivity index (χ4n) is 1.44. The molecular formula is C10H8BrF3O. The monoisotopic (exact) mass is 280 g/mol. The van der Waals surface area contributed by atoms with Crippen molar-refractivity contribution in [1.82, 2.24) is 0 Å². The van der Waals surface area contributed by atoms with E-state index >= 15 is 0 Å². The predicted octanol–water partition coefficient (Wildman–Crippen LogP) is 3.58. The second-order valence-corrected chi connectivity index (χ2v) is 4.42. The van der Waals surface area contributed by atoms with Gasteiger partial charge in [0.25, 0.3) is 0 Å². The Morgan fingerprint density at radius 1 is 1.20 bits per heavy atom. The van der Waals surface area contributed by atoms with Gasteiger partial charge in [0, 0.05) is 10.4 Å². The van der Waals surface area contributed by atoms with Crippen LogP contribution < -0.4 is 0 Å². The van der Waals surface area contributed by atoms with Crippen molar-refractivity contribution in [3.05, 3.63) is 33.8 Å². The Morgan fingerprint density at radius 2 is 1.87 bits per heavy atom. The Balaban J connectivity index is 2.36. The third kappa shape index (κ3) is 2.34. The van der Waals surface area contributed by atoms with Gasteiger partial charge in [0.2, 0.25) is 0 Å². The summed E-state index contributed by atoms with van der Waals surface area (Å²) in [7, 11) is 0. The summed E-state index contributed by atoms with van der Waals surface area (Å²) in [6.45, 7) is 1.02. The molecule has 1 aliphatic rings. The van der Waals surface area contributed by atoms with Crippen molar-refractivity contribution in [1.29, 1.82) is 0 Å². The van der Waals surface area contributed by atoms with Crippen LogP contribution in [0.4, 0.5) is 13.2 Å². The van der Waals surface area contributed by atoms with Crippen LogP contribution in [0.1, 0.15) is 17.0 Å². The maximum Gasteiger partial charge on any atom is 0.416 e. The molecular weight excluding hydrogens is 273 g/mol. The van der Waals surface area contributed by atoms with E-state index in [1.807, 2.05) is 0 Å². The maximum absolute atomic E-state index is 12.5. The van der Waals surface area contributed by atoms with Gasteiger partial charge < -0.3 is 4.74 Å². The minimum atomic E-state index is -4.29. The van der Waals surface area contributed by atoms with E-state index in [0.29, 0.717) is 23.2 Å². The Hall–Kier alpha value is -0.550. The number of hydrogen-bond acceptors (Lipinski definition) is 1. The fourth-order valence-corrected chi connectivity index (χ4v) is 1.95. The summed E-state index contributed by atoms with van der Waals surface area (Å²) in [4.78, 5) is 0. The van der Waals surface area contributed by atoms with Crippen molar-refractivity contribution in [2.45, 2.75) is 12.1 Å². The average Bonchev–Trinajstić information content (AvgIpc) is 1.97. The van der Waals surface area contributed by atoms with Crippen molar-refractivity contribution < 1.29 is 17.9 Å². The summed E-state index contributed by atoms with van der Waals surface area (Å²) in [5, 5.41) is 0.